The van der Waals surface area contributed by atoms with E-state index in [9.17, 15) is 4.79 Å². The highest BCUT2D eigenvalue weighted by Gasteiger charge is 2.15. The summed E-state index contributed by atoms with van der Waals surface area (Å²) in [5.74, 6) is -0.200. The summed E-state index contributed by atoms with van der Waals surface area (Å²) in [5.41, 5.74) is 7.22. The third kappa shape index (κ3) is 3.01. The van der Waals surface area contributed by atoms with Crippen molar-refractivity contribution in [3.8, 4) is 0 Å². The van der Waals surface area contributed by atoms with Gasteiger partial charge in [0, 0.05) is 13.1 Å². The number of nitrogens with zero attached hydrogens (tertiary/aromatic N) is 2. The number of carbonyl (C=O) groups excluding carboxylic acids is 1. The fraction of sp³-hybridized carbons (Fsp3) is 0.667. The highest BCUT2D eigenvalue weighted by molar-refractivity contribution is 5.97. The number of nitrogen functional groups attached to an aromatic ring is 1. The van der Waals surface area contributed by atoms with Gasteiger partial charge in [-0.25, -0.2) is 0 Å². The van der Waals surface area contributed by atoms with Gasteiger partial charge in [-0.2, -0.15) is 5.10 Å². The average molecular weight is 251 g/mol. The molecular formula is C12H21N5O. The number of hydrogen-bond acceptors (Lipinski definition) is 4. The average Bonchev–Trinajstić information content (AvgIpc) is 2.71. The number of rotatable bonds is 4. The highest BCUT2D eigenvalue weighted by atomic mass is 16.1. The molecule has 6 nitrogen and oxygen atoms in total. The van der Waals surface area contributed by atoms with Crippen LogP contribution in [0, 0.1) is 6.92 Å². The molecule has 4 N–H and O–H groups in total. The van der Waals surface area contributed by atoms with E-state index in [2.05, 4.69) is 20.4 Å². The molecule has 0 unspecified atom stereocenters. The van der Waals surface area contributed by atoms with E-state index < -0.39 is 0 Å². The van der Waals surface area contributed by atoms with Gasteiger partial charge in [0.25, 0.3) is 5.91 Å². The Balaban J connectivity index is 1.76. The molecule has 0 aliphatic carbocycles. The molecule has 0 atom stereocenters. The van der Waals surface area contributed by atoms with Crippen molar-refractivity contribution in [2.75, 3.05) is 31.9 Å². The number of anilines is 1. The predicted octanol–water partition coefficient (Wildman–Crippen LogP) is 0.516. The van der Waals surface area contributed by atoms with Crippen molar-refractivity contribution in [3.63, 3.8) is 0 Å². The van der Waals surface area contributed by atoms with Gasteiger partial charge in [-0.3, -0.25) is 9.89 Å². The molecule has 1 amide bonds. The summed E-state index contributed by atoms with van der Waals surface area (Å²) in [6.07, 6.45) is 3.85. The van der Waals surface area contributed by atoms with Crippen molar-refractivity contribution in [1.29, 1.82) is 0 Å². The van der Waals surface area contributed by atoms with Crippen molar-refractivity contribution in [2.24, 2.45) is 0 Å². The zero-order valence-electron chi connectivity index (χ0n) is 10.8. The van der Waals surface area contributed by atoms with E-state index in [0.717, 1.165) is 25.3 Å². The summed E-state index contributed by atoms with van der Waals surface area (Å²) < 4.78 is 0. The molecule has 18 heavy (non-hydrogen) atoms. The smallest absolute Gasteiger partial charge is 0.273 e. The molecule has 100 valence electrons. The number of nitrogens with one attached hydrogen (secondary N) is 2. The van der Waals surface area contributed by atoms with Crippen LogP contribution >= 0.6 is 0 Å². The van der Waals surface area contributed by atoms with Crippen LogP contribution < -0.4 is 11.1 Å². The summed E-state index contributed by atoms with van der Waals surface area (Å²) in [7, 11) is 0. The minimum Gasteiger partial charge on any atom is -0.395 e. The summed E-state index contributed by atoms with van der Waals surface area (Å²) >= 11 is 0. The predicted molar refractivity (Wildman–Crippen MR) is 70.4 cm³/mol. The van der Waals surface area contributed by atoms with E-state index in [0.29, 0.717) is 17.9 Å². The zero-order chi connectivity index (χ0) is 13.0. The molecule has 1 saturated heterocycles. The lowest BCUT2D eigenvalue weighted by Crippen LogP contribution is -2.37. The van der Waals surface area contributed by atoms with Gasteiger partial charge in [0.05, 0.1) is 11.4 Å². The second kappa shape index (κ2) is 5.86. The normalized spacial score (nSPS) is 16.7. The molecule has 1 aromatic rings. The first-order chi connectivity index (χ1) is 8.68. The minimum absolute atomic E-state index is 0.200. The second-order valence-corrected chi connectivity index (χ2v) is 4.77. The second-order valence-electron chi connectivity index (χ2n) is 4.77. The lowest BCUT2D eigenvalue weighted by atomic mass is 10.1. The van der Waals surface area contributed by atoms with E-state index in [1.165, 1.54) is 19.3 Å². The zero-order valence-corrected chi connectivity index (χ0v) is 10.8. The van der Waals surface area contributed by atoms with Gasteiger partial charge in [-0.05, 0) is 32.9 Å². The van der Waals surface area contributed by atoms with Crippen molar-refractivity contribution in [1.82, 2.24) is 20.4 Å². The summed E-state index contributed by atoms with van der Waals surface area (Å²) in [4.78, 5) is 14.2. The fourth-order valence-corrected chi connectivity index (χ4v) is 2.21. The molecule has 1 aromatic heterocycles. The Bertz CT molecular complexity index is 409. The molecule has 1 fully saturated rings. The minimum atomic E-state index is -0.200. The SMILES string of the molecule is Cc1[nH]nc(C(=O)NCCN2CCCCC2)c1N. The summed E-state index contributed by atoms with van der Waals surface area (Å²) in [6, 6.07) is 0. The Labute approximate surface area is 107 Å². The van der Waals surface area contributed by atoms with Gasteiger partial charge >= 0.3 is 0 Å². The third-order valence-corrected chi connectivity index (χ3v) is 3.37. The number of piperidine rings is 1. The van der Waals surface area contributed by atoms with Crippen LogP contribution in [0.25, 0.3) is 0 Å². The Kier molecular flexibility index (Phi) is 4.19. The van der Waals surface area contributed by atoms with Gasteiger partial charge in [0.2, 0.25) is 0 Å². The Morgan fingerprint density at radius 2 is 2.17 bits per heavy atom. The standard InChI is InChI=1S/C12H21N5O/c1-9-10(13)11(16-15-9)12(18)14-5-8-17-6-3-2-4-7-17/h2-8,13H2,1H3,(H,14,18)(H,15,16). The van der Waals surface area contributed by atoms with Crippen LogP contribution in [-0.4, -0.2) is 47.2 Å². The lowest BCUT2D eigenvalue weighted by Gasteiger charge is -2.26. The van der Waals surface area contributed by atoms with Crippen molar-refractivity contribution >= 4 is 11.6 Å². The Hall–Kier alpha value is -1.56. The van der Waals surface area contributed by atoms with E-state index in [-0.39, 0.29) is 5.91 Å². The first kappa shape index (κ1) is 12.9. The Morgan fingerprint density at radius 3 is 2.78 bits per heavy atom. The number of H-pyrrole nitrogens is 1. The maximum absolute atomic E-state index is 11.8. The van der Waals surface area contributed by atoms with Crippen LogP contribution in [-0.2, 0) is 0 Å². The quantitative estimate of drug-likeness (QED) is 0.728. The van der Waals surface area contributed by atoms with Gasteiger partial charge in [-0.15, -0.1) is 0 Å². The monoisotopic (exact) mass is 251 g/mol. The molecule has 2 rings (SSSR count). The summed E-state index contributed by atoms with van der Waals surface area (Å²) in [5, 5.41) is 9.47. The molecule has 1 aliphatic heterocycles. The molecule has 0 saturated carbocycles. The topological polar surface area (TPSA) is 87.0 Å². The van der Waals surface area contributed by atoms with Crippen LogP contribution in [0.15, 0.2) is 0 Å². The molecule has 2 heterocycles. The third-order valence-electron chi connectivity index (χ3n) is 3.37. The molecule has 0 bridgehead atoms. The van der Waals surface area contributed by atoms with Crippen LogP contribution in [0.2, 0.25) is 0 Å². The lowest BCUT2D eigenvalue weighted by molar-refractivity contribution is 0.0942. The summed E-state index contributed by atoms with van der Waals surface area (Å²) in [6.45, 7) is 5.62. The number of nitrogens with two attached hydrogens (primary N) is 1. The fourth-order valence-electron chi connectivity index (χ4n) is 2.21. The highest BCUT2D eigenvalue weighted by Crippen LogP contribution is 2.12. The van der Waals surface area contributed by atoms with E-state index in [1.807, 2.05) is 0 Å². The Morgan fingerprint density at radius 1 is 1.44 bits per heavy atom. The maximum Gasteiger partial charge on any atom is 0.273 e. The number of amides is 1. The molecule has 0 spiro atoms. The van der Waals surface area contributed by atoms with Crippen molar-refractivity contribution in [2.45, 2.75) is 26.2 Å². The van der Waals surface area contributed by atoms with Crippen molar-refractivity contribution < 1.29 is 4.79 Å². The first-order valence-corrected chi connectivity index (χ1v) is 6.49. The largest absolute Gasteiger partial charge is 0.395 e. The number of aromatic nitrogens is 2. The van der Waals surface area contributed by atoms with Crippen molar-refractivity contribution in [3.05, 3.63) is 11.4 Å². The van der Waals surface area contributed by atoms with Crippen LogP contribution in [0.5, 0.6) is 0 Å². The van der Waals surface area contributed by atoms with Crippen LogP contribution in [0.4, 0.5) is 5.69 Å². The van der Waals surface area contributed by atoms with Gasteiger partial charge in [-0.1, -0.05) is 6.42 Å². The number of hydrogen-bond donors (Lipinski definition) is 3. The van der Waals surface area contributed by atoms with Gasteiger partial charge in [0.1, 0.15) is 0 Å². The van der Waals surface area contributed by atoms with Gasteiger partial charge < -0.3 is 16.0 Å². The molecule has 0 aromatic carbocycles. The number of aromatic amines is 1. The maximum atomic E-state index is 11.8. The number of likely N-dealkylation sites (tertiary alicyclic amines) is 1. The molecular weight excluding hydrogens is 230 g/mol. The van der Waals surface area contributed by atoms with E-state index in [4.69, 9.17) is 5.73 Å². The molecule has 0 radical (unpaired) electrons. The van der Waals surface area contributed by atoms with Gasteiger partial charge in [0.15, 0.2) is 5.69 Å². The van der Waals surface area contributed by atoms with Crippen LogP contribution in [0.3, 0.4) is 0 Å². The molecule has 1 aliphatic rings. The van der Waals surface area contributed by atoms with E-state index in [1.54, 1.807) is 6.92 Å². The van der Waals surface area contributed by atoms with Crippen LogP contribution in [0.1, 0.15) is 35.4 Å². The van der Waals surface area contributed by atoms with E-state index >= 15 is 0 Å². The first-order valence-electron chi connectivity index (χ1n) is 6.49. The molecule has 6 heteroatoms. The number of carbonyl (C=O) groups is 1. The number of aryl methyl sites for hydroxylation is 1.